The Morgan fingerprint density at radius 1 is 1.48 bits per heavy atom. The summed E-state index contributed by atoms with van der Waals surface area (Å²) in [6.45, 7) is 5.73. The molecule has 0 aromatic carbocycles. The highest BCUT2D eigenvalue weighted by atomic mass is 32.1. The summed E-state index contributed by atoms with van der Waals surface area (Å²) in [5, 5.41) is 18.2. The first-order valence-electron chi connectivity index (χ1n) is 7.65. The van der Waals surface area contributed by atoms with Crippen LogP contribution in [0.5, 0.6) is 0 Å². The van der Waals surface area contributed by atoms with Crippen LogP contribution in [0.1, 0.15) is 43.7 Å². The Balaban J connectivity index is 1.74. The van der Waals surface area contributed by atoms with E-state index >= 15 is 0 Å². The SMILES string of the molecule is CCOC(=O)C1CCC(O)(CNCc2cscc2C)CC1. The molecule has 4 nitrogen and oxygen atoms in total. The molecule has 0 amide bonds. The van der Waals surface area contributed by atoms with Gasteiger partial charge in [-0.3, -0.25) is 4.79 Å². The standard InChI is InChI=1S/C16H25NO3S/c1-3-20-15(18)13-4-6-16(19,7-5-13)11-17-8-14-10-21-9-12(14)2/h9-10,13,17,19H,3-8,11H2,1-2H3. The van der Waals surface area contributed by atoms with Gasteiger partial charge in [0.25, 0.3) is 0 Å². The van der Waals surface area contributed by atoms with Crippen LogP contribution >= 0.6 is 11.3 Å². The first kappa shape index (κ1) is 16.5. The van der Waals surface area contributed by atoms with E-state index in [9.17, 15) is 9.90 Å². The topological polar surface area (TPSA) is 58.6 Å². The van der Waals surface area contributed by atoms with E-state index in [1.165, 1.54) is 11.1 Å². The van der Waals surface area contributed by atoms with Crippen LogP contribution < -0.4 is 5.32 Å². The molecule has 1 aliphatic carbocycles. The summed E-state index contributed by atoms with van der Waals surface area (Å²) in [6.07, 6.45) is 2.75. The highest BCUT2D eigenvalue weighted by molar-refractivity contribution is 7.08. The highest BCUT2D eigenvalue weighted by Gasteiger charge is 2.35. The fraction of sp³-hybridized carbons (Fsp3) is 0.688. The van der Waals surface area contributed by atoms with Gasteiger partial charge in [0, 0.05) is 13.1 Å². The zero-order valence-corrected chi connectivity index (χ0v) is 13.7. The van der Waals surface area contributed by atoms with Gasteiger partial charge in [-0.1, -0.05) is 0 Å². The minimum absolute atomic E-state index is 0.0376. The van der Waals surface area contributed by atoms with Gasteiger partial charge in [-0.05, 0) is 61.4 Å². The molecular formula is C16H25NO3S. The Bertz CT molecular complexity index is 464. The molecule has 2 rings (SSSR count). The zero-order chi connectivity index (χ0) is 15.3. The number of aryl methyl sites for hydroxylation is 1. The van der Waals surface area contributed by atoms with Gasteiger partial charge in [-0.15, -0.1) is 0 Å². The number of carbonyl (C=O) groups excluding carboxylic acids is 1. The van der Waals surface area contributed by atoms with Gasteiger partial charge in [0.15, 0.2) is 0 Å². The Labute approximate surface area is 130 Å². The number of ether oxygens (including phenoxy) is 1. The molecule has 2 N–H and O–H groups in total. The normalized spacial score (nSPS) is 25.8. The van der Waals surface area contributed by atoms with Crippen molar-refractivity contribution in [2.75, 3.05) is 13.2 Å². The summed E-state index contributed by atoms with van der Waals surface area (Å²) in [4.78, 5) is 11.7. The minimum atomic E-state index is -0.688. The van der Waals surface area contributed by atoms with E-state index in [-0.39, 0.29) is 11.9 Å². The molecule has 0 radical (unpaired) electrons. The van der Waals surface area contributed by atoms with Crippen molar-refractivity contribution in [1.82, 2.24) is 5.32 Å². The second-order valence-electron chi connectivity index (χ2n) is 5.93. The van der Waals surface area contributed by atoms with Gasteiger partial charge in [0.2, 0.25) is 0 Å². The second-order valence-corrected chi connectivity index (χ2v) is 6.68. The molecule has 0 atom stereocenters. The first-order chi connectivity index (χ1) is 10.0. The van der Waals surface area contributed by atoms with Crippen molar-refractivity contribution in [3.8, 4) is 0 Å². The van der Waals surface area contributed by atoms with E-state index in [1.54, 1.807) is 11.3 Å². The molecule has 0 aliphatic heterocycles. The van der Waals surface area contributed by atoms with Crippen molar-refractivity contribution in [3.05, 3.63) is 21.9 Å². The number of nitrogens with one attached hydrogen (secondary N) is 1. The third kappa shape index (κ3) is 4.53. The fourth-order valence-corrected chi connectivity index (χ4v) is 3.68. The van der Waals surface area contributed by atoms with Gasteiger partial charge in [0.1, 0.15) is 0 Å². The molecule has 118 valence electrons. The van der Waals surface area contributed by atoms with Gasteiger partial charge in [-0.2, -0.15) is 11.3 Å². The van der Waals surface area contributed by atoms with E-state index in [0.29, 0.717) is 38.8 Å². The molecule has 1 aromatic heterocycles. The van der Waals surface area contributed by atoms with E-state index in [0.717, 1.165) is 6.54 Å². The lowest BCUT2D eigenvalue weighted by Gasteiger charge is -2.35. The molecule has 1 fully saturated rings. The largest absolute Gasteiger partial charge is 0.466 e. The number of esters is 1. The first-order valence-corrected chi connectivity index (χ1v) is 8.60. The predicted octanol–water partition coefficient (Wildman–Crippen LogP) is 2.63. The number of aliphatic hydroxyl groups is 1. The van der Waals surface area contributed by atoms with E-state index in [4.69, 9.17) is 4.74 Å². The maximum Gasteiger partial charge on any atom is 0.308 e. The summed E-state index contributed by atoms with van der Waals surface area (Å²) in [5.41, 5.74) is 1.90. The van der Waals surface area contributed by atoms with Crippen molar-refractivity contribution < 1.29 is 14.6 Å². The number of carbonyl (C=O) groups is 1. The smallest absolute Gasteiger partial charge is 0.308 e. The van der Waals surface area contributed by atoms with Crippen LogP contribution in [0, 0.1) is 12.8 Å². The van der Waals surface area contributed by atoms with Gasteiger partial charge >= 0.3 is 5.97 Å². The summed E-state index contributed by atoms with van der Waals surface area (Å²) in [5.74, 6) is -0.147. The van der Waals surface area contributed by atoms with Crippen molar-refractivity contribution >= 4 is 17.3 Å². The molecule has 21 heavy (non-hydrogen) atoms. The maximum atomic E-state index is 11.7. The third-order valence-electron chi connectivity index (χ3n) is 4.27. The number of thiophene rings is 1. The van der Waals surface area contributed by atoms with Crippen molar-refractivity contribution in [3.63, 3.8) is 0 Å². The maximum absolute atomic E-state index is 11.7. The van der Waals surface area contributed by atoms with Crippen LogP contribution in [-0.2, 0) is 16.1 Å². The number of hydrogen-bond acceptors (Lipinski definition) is 5. The van der Waals surface area contributed by atoms with Gasteiger partial charge < -0.3 is 15.2 Å². The predicted molar refractivity (Wildman–Crippen MR) is 84.3 cm³/mol. The lowest BCUT2D eigenvalue weighted by Crippen LogP contribution is -2.44. The molecule has 1 aromatic rings. The molecule has 1 heterocycles. The van der Waals surface area contributed by atoms with Crippen LogP contribution in [-0.4, -0.2) is 29.8 Å². The quantitative estimate of drug-likeness (QED) is 0.793. The zero-order valence-electron chi connectivity index (χ0n) is 12.9. The minimum Gasteiger partial charge on any atom is -0.466 e. The van der Waals surface area contributed by atoms with Gasteiger partial charge in [0.05, 0.1) is 18.1 Å². The highest BCUT2D eigenvalue weighted by Crippen LogP contribution is 2.32. The molecule has 0 bridgehead atoms. The van der Waals surface area contributed by atoms with E-state index < -0.39 is 5.60 Å². The van der Waals surface area contributed by atoms with Crippen LogP contribution in [0.15, 0.2) is 10.8 Å². The molecule has 1 saturated carbocycles. The van der Waals surface area contributed by atoms with Gasteiger partial charge in [-0.25, -0.2) is 0 Å². The fourth-order valence-electron chi connectivity index (χ4n) is 2.83. The van der Waals surface area contributed by atoms with Crippen molar-refractivity contribution in [1.29, 1.82) is 0 Å². The monoisotopic (exact) mass is 311 g/mol. The molecule has 1 aliphatic rings. The molecule has 0 saturated heterocycles. The summed E-state index contributed by atoms with van der Waals surface area (Å²) in [7, 11) is 0. The Hall–Kier alpha value is -0.910. The lowest BCUT2D eigenvalue weighted by molar-refractivity contribution is -0.151. The van der Waals surface area contributed by atoms with Crippen LogP contribution in [0.25, 0.3) is 0 Å². The average Bonchev–Trinajstić information content (AvgIpc) is 2.85. The van der Waals surface area contributed by atoms with Crippen molar-refractivity contribution in [2.45, 2.75) is 51.7 Å². The number of rotatable bonds is 6. The average molecular weight is 311 g/mol. The number of hydrogen-bond donors (Lipinski definition) is 2. The molecule has 0 spiro atoms. The second kappa shape index (κ2) is 7.38. The Morgan fingerprint density at radius 2 is 2.19 bits per heavy atom. The Morgan fingerprint density at radius 3 is 2.76 bits per heavy atom. The molecule has 5 heteroatoms. The Kier molecular flexibility index (Phi) is 5.79. The third-order valence-corrected chi connectivity index (χ3v) is 5.18. The van der Waals surface area contributed by atoms with Crippen LogP contribution in [0.3, 0.4) is 0 Å². The van der Waals surface area contributed by atoms with Crippen LogP contribution in [0.4, 0.5) is 0 Å². The summed E-state index contributed by atoms with van der Waals surface area (Å²) >= 11 is 1.71. The molecule has 0 unspecified atom stereocenters. The van der Waals surface area contributed by atoms with E-state index in [1.807, 2.05) is 6.92 Å². The summed E-state index contributed by atoms with van der Waals surface area (Å²) in [6, 6.07) is 0. The van der Waals surface area contributed by atoms with Crippen LogP contribution in [0.2, 0.25) is 0 Å². The lowest BCUT2D eigenvalue weighted by atomic mass is 9.78. The summed E-state index contributed by atoms with van der Waals surface area (Å²) < 4.78 is 5.06. The van der Waals surface area contributed by atoms with Crippen molar-refractivity contribution in [2.24, 2.45) is 5.92 Å². The molecular weight excluding hydrogens is 286 g/mol. The van der Waals surface area contributed by atoms with E-state index in [2.05, 4.69) is 23.0 Å².